The number of carbonyl (C=O) groups excluding carboxylic acids is 2. The van der Waals surface area contributed by atoms with Gasteiger partial charge in [0.25, 0.3) is 0 Å². The molecule has 0 spiro atoms. The van der Waals surface area contributed by atoms with Gasteiger partial charge in [-0.2, -0.15) is 5.06 Å². The van der Waals surface area contributed by atoms with E-state index >= 15 is 0 Å². The Labute approximate surface area is 146 Å². The highest BCUT2D eigenvalue weighted by Gasteiger charge is 2.35. The molecule has 1 atom stereocenters. The van der Waals surface area contributed by atoms with E-state index in [1.807, 2.05) is 43.3 Å². The van der Waals surface area contributed by atoms with Crippen LogP contribution in [0.15, 0.2) is 36.4 Å². The van der Waals surface area contributed by atoms with Crippen LogP contribution in [0.4, 0.5) is 10.5 Å². The summed E-state index contributed by atoms with van der Waals surface area (Å²) in [5.41, 5.74) is 1.57. The zero-order chi connectivity index (χ0) is 17.8. The molecule has 25 heavy (non-hydrogen) atoms. The predicted octanol–water partition coefficient (Wildman–Crippen LogP) is 4.02. The highest BCUT2D eigenvalue weighted by atomic mass is 16.7. The fraction of sp³-hybridized carbons (Fsp3) is 0.368. The number of fused-ring (bicyclic) bond motifs is 3. The summed E-state index contributed by atoms with van der Waals surface area (Å²) in [7, 11) is 1.42. The van der Waals surface area contributed by atoms with Crippen molar-refractivity contribution in [2.45, 2.75) is 32.2 Å². The molecule has 1 aliphatic heterocycles. The lowest BCUT2D eigenvalue weighted by molar-refractivity contribution is -0.153. The van der Waals surface area contributed by atoms with E-state index in [0.717, 1.165) is 34.9 Å². The second-order valence-electron chi connectivity index (χ2n) is 5.98. The number of urea groups is 1. The number of ether oxygens (including phenoxy) is 1. The molecule has 0 aliphatic carbocycles. The van der Waals surface area contributed by atoms with Crippen molar-refractivity contribution in [1.82, 2.24) is 5.06 Å². The normalized spacial score (nSPS) is 16.5. The fourth-order valence-corrected chi connectivity index (χ4v) is 3.09. The van der Waals surface area contributed by atoms with E-state index in [4.69, 9.17) is 9.57 Å². The first-order chi connectivity index (χ1) is 12.2. The van der Waals surface area contributed by atoms with Gasteiger partial charge in [0, 0.05) is 10.9 Å². The topological polar surface area (TPSA) is 67.9 Å². The maximum Gasteiger partial charge on any atom is 0.346 e. The lowest BCUT2D eigenvalue weighted by Gasteiger charge is -2.35. The lowest BCUT2D eigenvalue weighted by Crippen LogP contribution is -2.42. The van der Waals surface area contributed by atoms with Crippen molar-refractivity contribution in [2.24, 2.45) is 0 Å². The number of amides is 2. The predicted molar refractivity (Wildman–Crippen MR) is 95.0 cm³/mol. The van der Waals surface area contributed by atoms with Gasteiger partial charge >= 0.3 is 12.0 Å². The first-order valence-corrected chi connectivity index (χ1v) is 8.47. The zero-order valence-corrected chi connectivity index (χ0v) is 14.5. The van der Waals surface area contributed by atoms with Gasteiger partial charge in [0.2, 0.25) is 0 Å². The van der Waals surface area contributed by atoms with E-state index in [-0.39, 0.29) is 12.4 Å². The van der Waals surface area contributed by atoms with Crippen LogP contribution in [-0.2, 0) is 14.4 Å². The number of benzene rings is 2. The standard InChI is InChI=1S/C19H22N2O4/c1-3-4-11-25-17(22)12-16-15-10-9-13-7-5-6-8-14(13)18(15)20-19(23)21(16)24-2/h5-10,16H,3-4,11-12H2,1-2H3,(H,20,23). The molecule has 132 valence electrons. The Bertz CT molecular complexity index is 790. The summed E-state index contributed by atoms with van der Waals surface area (Å²) in [5.74, 6) is -0.339. The molecule has 2 aromatic rings. The average molecular weight is 342 g/mol. The molecule has 1 N–H and O–H groups in total. The number of esters is 1. The van der Waals surface area contributed by atoms with Gasteiger partial charge in [-0.15, -0.1) is 0 Å². The SMILES string of the molecule is CCCCOC(=O)CC1c2ccc3ccccc3c2NC(=O)N1OC. The molecule has 6 nitrogen and oxygen atoms in total. The number of unbranched alkanes of at least 4 members (excludes halogenated alkanes) is 1. The van der Waals surface area contributed by atoms with Gasteiger partial charge in [0.1, 0.15) is 0 Å². The number of nitrogens with one attached hydrogen (secondary N) is 1. The Hall–Kier alpha value is -2.60. The van der Waals surface area contributed by atoms with Crippen LogP contribution in [0.5, 0.6) is 0 Å². The van der Waals surface area contributed by atoms with Crippen LogP contribution < -0.4 is 5.32 Å². The molecule has 1 heterocycles. The van der Waals surface area contributed by atoms with Crippen molar-refractivity contribution >= 4 is 28.5 Å². The number of rotatable bonds is 6. The van der Waals surface area contributed by atoms with E-state index in [0.29, 0.717) is 6.61 Å². The number of hydrogen-bond acceptors (Lipinski definition) is 4. The van der Waals surface area contributed by atoms with E-state index in [2.05, 4.69) is 5.32 Å². The van der Waals surface area contributed by atoms with E-state index in [1.165, 1.54) is 12.2 Å². The second-order valence-corrected chi connectivity index (χ2v) is 5.98. The largest absolute Gasteiger partial charge is 0.466 e. The maximum absolute atomic E-state index is 12.4. The number of carbonyl (C=O) groups is 2. The minimum absolute atomic E-state index is 0.0519. The molecule has 0 fully saturated rings. The van der Waals surface area contributed by atoms with E-state index < -0.39 is 12.1 Å². The third-order valence-corrected chi connectivity index (χ3v) is 4.35. The van der Waals surface area contributed by atoms with Crippen LogP contribution >= 0.6 is 0 Å². The second kappa shape index (κ2) is 7.53. The molecular formula is C19H22N2O4. The summed E-state index contributed by atoms with van der Waals surface area (Å²) >= 11 is 0. The number of hydrogen-bond donors (Lipinski definition) is 1. The van der Waals surface area contributed by atoms with Crippen molar-refractivity contribution in [3.05, 3.63) is 42.0 Å². The van der Waals surface area contributed by atoms with Gasteiger partial charge in [0.15, 0.2) is 0 Å². The smallest absolute Gasteiger partial charge is 0.346 e. The molecule has 0 saturated carbocycles. The molecular weight excluding hydrogens is 320 g/mol. The first kappa shape index (κ1) is 17.2. The van der Waals surface area contributed by atoms with Crippen molar-refractivity contribution < 1.29 is 19.2 Å². The lowest BCUT2D eigenvalue weighted by atomic mass is 9.95. The van der Waals surface area contributed by atoms with Gasteiger partial charge in [-0.05, 0) is 11.8 Å². The molecule has 2 aromatic carbocycles. The van der Waals surface area contributed by atoms with Crippen LogP contribution in [-0.4, -0.2) is 30.8 Å². The molecule has 0 saturated heterocycles. The van der Waals surface area contributed by atoms with Gasteiger partial charge in [-0.3, -0.25) is 9.63 Å². The summed E-state index contributed by atoms with van der Waals surface area (Å²) in [4.78, 5) is 29.8. The monoisotopic (exact) mass is 342 g/mol. The van der Waals surface area contributed by atoms with Gasteiger partial charge in [-0.25, -0.2) is 4.79 Å². The minimum Gasteiger partial charge on any atom is -0.466 e. The highest BCUT2D eigenvalue weighted by Crippen LogP contribution is 2.39. The minimum atomic E-state index is -0.521. The molecule has 3 rings (SSSR count). The Balaban J connectivity index is 1.94. The molecule has 6 heteroatoms. The summed E-state index contributed by atoms with van der Waals surface area (Å²) in [5, 5.41) is 6.03. The van der Waals surface area contributed by atoms with Crippen molar-refractivity contribution in [1.29, 1.82) is 0 Å². The Morgan fingerprint density at radius 2 is 2.04 bits per heavy atom. The summed E-state index contributed by atoms with van der Waals surface area (Å²) in [6, 6.07) is 10.8. The van der Waals surface area contributed by atoms with Gasteiger partial charge in [0.05, 0.1) is 31.9 Å². The Morgan fingerprint density at radius 1 is 1.24 bits per heavy atom. The van der Waals surface area contributed by atoms with Crippen LogP contribution in [0.3, 0.4) is 0 Å². The summed E-state index contributed by atoms with van der Waals surface area (Å²) < 4.78 is 5.26. The van der Waals surface area contributed by atoms with Crippen molar-refractivity contribution in [2.75, 3.05) is 19.0 Å². The molecule has 1 aliphatic rings. The third-order valence-electron chi connectivity index (χ3n) is 4.35. The molecule has 1 unspecified atom stereocenters. The van der Waals surface area contributed by atoms with E-state index in [9.17, 15) is 9.59 Å². The average Bonchev–Trinajstić information content (AvgIpc) is 2.62. The molecule has 0 bridgehead atoms. The number of hydroxylamine groups is 2. The number of nitrogens with zero attached hydrogens (tertiary/aromatic N) is 1. The molecule has 0 radical (unpaired) electrons. The Morgan fingerprint density at radius 3 is 2.80 bits per heavy atom. The third kappa shape index (κ3) is 3.44. The van der Waals surface area contributed by atoms with Crippen molar-refractivity contribution in [3.8, 4) is 0 Å². The van der Waals surface area contributed by atoms with Crippen LogP contribution in [0.1, 0.15) is 37.8 Å². The summed E-state index contributed by atoms with van der Waals surface area (Å²) in [6.07, 6.45) is 1.83. The van der Waals surface area contributed by atoms with Gasteiger partial charge < -0.3 is 10.1 Å². The van der Waals surface area contributed by atoms with Crippen molar-refractivity contribution in [3.63, 3.8) is 0 Å². The first-order valence-electron chi connectivity index (χ1n) is 8.47. The quantitative estimate of drug-likeness (QED) is 0.636. The van der Waals surface area contributed by atoms with E-state index in [1.54, 1.807) is 0 Å². The Kier molecular flexibility index (Phi) is 5.19. The maximum atomic E-state index is 12.4. The van der Waals surface area contributed by atoms with Crippen LogP contribution in [0, 0.1) is 0 Å². The number of anilines is 1. The van der Waals surface area contributed by atoms with Crippen LogP contribution in [0.2, 0.25) is 0 Å². The fourth-order valence-electron chi connectivity index (χ4n) is 3.09. The summed E-state index contributed by atoms with van der Waals surface area (Å²) in [6.45, 7) is 2.43. The zero-order valence-electron chi connectivity index (χ0n) is 14.5. The van der Waals surface area contributed by atoms with Crippen LogP contribution in [0.25, 0.3) is 10.8 Å². The highest BCUT2D eigenvalue weighted by molar-refractivity contribution is 6.05. The molecule has 0 aromatic heterocycles. The molecule has 2 amide bonds. The van der Waals surface area contributed by atoms with Gasteiger partial charge in [-0.1, -0.05) is 49.7 Å².